The van der Waals surface area contributed by atoms with Crippen LogP contribution in [0.1, 0.15) is 29.8 Å². The minimum atomic E-state index is -0.682. The molecule has 0 atom stereocenters. The number of nitrogens with one attached hydrogen (secondary N) is 2. The number of amides is 2. The summed E-state index contributed by atoms with van der Waals surface area (Å²) < 4.78 is 27.1. The molecule has 1 fully saturated rings. The topological polar surface area (TPSA) is 107 Å². The molecule has 212 valence electrons. The SMILES string of the molecule is CCN(CC)CC(=O)N1CCN(c2ccc(Nc3cc(NCc4cc(F)cc(F)c4)c(C(N)=O)cn3)cc2)CC1. The molecular weight excluding hydrogens is 516 g/mol. The largest absolute Gasteiger partial charge is 0.380 e. The van der Waals surface area contributed by atoms with Gasteiger partial charge in [-0.15, -0.1) is 0 Å². The van der Waals surface area contributed by atoms with Crippen molar-refractivity contribution in [2.45, 2.75) is 20.4 Å². The quantitative estimate of drug-likeness (QED) is 0.333. The molecule has 1 aromatic heterocycles. The van der Waals surface area contributed by atoms with E-state index in [9.17, 15) is 18.4 Å². The minimum absolute atomic E-state index is 0.0848. The molecule has 0 spiro atoms. The van der Waals surface area contributed by atoms with Crippen LogP contribution in [0, 0.1) is 11.6 Å². The van der Waals surface area contributed by atoms with Crippen LogP contribution in [0.25, 0.3) is 0 Å². The molecule has 2 aromatic carbocycles. The number of anilines is 4. The van der Waals surface area contributed by atoms with Crippen LogP contribution in [0.15, 0.2) is 54.7 Å². The lowest BCUT2D eigenvalue weighted by Crippen LogP contribution is -2.51. The first-order chi connectivity index (χ1) is 19.2. The van der Waals surface area contributed by atoms with Gasteiger partial charge in [0.05, 0.1) is 17.8 Å². The maximum Gasteiger partial charge on any atom is 0.252 e. The Morgan fingerprint density at radius 2 is 1.62 bits per heavy atom. The lowest BCUT2D eigenvalue weighted by atomic mass is 10.1. The fraction of sp³-hybridized carbons (Fsp3) is 0.345. The highest BCUT2D eigenvalue weighted by Crippen LogP contribution is 2.25. The zero-order valence-electron chi connectivity index (χ0n) is 22.8. The molecule has 2 heterocycles. The van der Waals surface area contributed by atoms with Gasteiger partial charge >= 0.3 is 0 Å². The summed E-state index contributed by atoms with van der Waals surface area (Å²) in [5.41, 5.74) is 8.26. The molecule has 2 amide bonds. The van der Waals surface area contributed by atoms with Crippen molar-refractivity contribution in [2.24, 2.45) is 5.73 Å². The number of hydrogen-bond acceptors (Lipinski definition) is 7. The van der Waals surface area contributed by atoms with Crippen molar-refractivity contribution in [3.05, 3.63) is 77.5 Å². The third-order valence-electron chi connectivity index (χ3n) is 6.97. The van der Waals surface area contributed by atoms with E-state index in [1.807, 2.05) is 29.2 Å². The maximum absolute atomic E-state index is 13.5. The number of halogens is 2. The summed E-state index contributed by atoms with van der Waals surface area (Å²) in [4.78, 5) is 35.1. The molecule has 1 aliphatic rings. The van der Waals surface area contributed by atoms with E-state index in [2.05, 4.69) is 39.3 Å². The summed E-state index contributed by atoms with van der Waals surface area (Å²) in [5, 5.41) is 6.23. The van der Waals surface area contributed by atoms with Crippen LogP contribution in [0.3, 0.4) is 0 Å². The van der Waals surface area contributed by atoms with Crippen molar-refractivity contribution >= 4 is 34.7 Å². The average Bonchev–Trinajstić information content (AvgIpc) is 2.94. The first-order valence-corrected chi connectivity index (χ1v) is 13.4. The molecule has 1 saturated heterocycles. The summed E-state index contributed by atoms with van der Waals surface area (Å²) >= 11 is 0. The van der Waals surface area contributed by atoms with Crippen molar-refractivity contribution in [3.63, 3.8) is 0 Å². The van der Waals surface area contributed by atoms with Crippen molar-refractivity contribution in [1.82, 2.24) is 14.8 Å². The number of carbonyl (C=O) groups is 2. The molecule has 0 saturated carbocycles. The molecule has 3 aromatic rings. The molecule has 0 radical (unpaired) electrons. The monoisotopic (exact) mass is 551 g/mol. The predicted molar refractivity (Wildman–Crippen MR) is 153 cm³/mol. The van der Waals surface area contributed by atoms with Crippen LogP contribution < -0.4 is 21.3 Å². The number of piperazine rings is 1. The second-order valence-corrected chi connectivity index (χ2v) is 9.61. The van der Waals surface area contributed by atoms with Crippen LogP contribution in [0.4, 0.5) is 31.7 Å². The van der Waals surface area contributed by atoms with E-state index in [-0.39, 0.29) is 18.0 Å². The number of nitrogens with zero attached hydrogens (tertiary/aromatic N) is 4. The van der Waals surface area contributed by atoms with Crippen molar-refractivity contribution < 1.29 is 18.4 Å². The van der Waals surface area contributed by atoms with Crippen LogP contribution in [0.5, 0.6) is 0 Å². The van der Waals surface area contributed by atoms with Gasteiger partial charge in [0, 0.05) is 62.4 Å². The second kappa shape index (κ2) is 13.2. The Morgan fingerprint density at radius 3 is 2.23 bits per heavy atom. The van der Waals surface area contributed by atoms with Gasteiger partial charge in [0.2, 0.25) is 5.91 Å². The highest BCUT2D eigenvalue weighted by molar-refractivity contribution is 5.98. The smallest absolute Gasteiger partial charge is 0.252 e. The number of pyridine rings is 1. The Kier molecular flexibility index (Phi) is 9.49. The number of primary amides is 1. The molecule has 0 bridgehead atoms. The van der Waals surface area contributed by atoms with Gasteiger partial charge in [-0.25, -0.2) is 13.8 Å². The fourth-order valence-corrected chi connectivity index (χ4v) is 4.63. The van der Waals surface area contributed by atoms with Gasteiger partial charge in [0.25, 0.3) is 5.91 Å². The van der Waals surface area contributed by atoms with E-state index in [0.717, 1.165) is 43.6 Å². The minimum Gasteiger partial charge on any atom is -0.380 e. The second-order valence-electron chi connectivity index (χ2n) is 9.61. The van der Waals surface area contributed by atoms with E-state index in [1.165, 1.54) is 18.3 Å². The molecule has 4 N–H and O–H groups in total. The Bertz CT molecular complexity index is 1300. The lowest BCUT2D eigenvalue weighted by Gasteiger charge is -2.37. The molecule has 9 nitrogen and oxygen atoms in total. The van der Waals surface area contributed by atoms with Crippen molar-refractivity contribution in [1.29, 1.82) is 0 Å². The highest BCUT2D eigenvalue weighted by Gasteiger charge is 2.22. The number of carbonyl (C=O) groups excluding carboxylic acids is 2. The van der Waals surface area contributed by atoms with Gasteiger partial charge in [-0.05, 0) is 55.1 Å². The van der Waals surface area contributed by atoms with E-state index in [1.54, 1.807) is 6.07 Å². The van der Waals surface area contributed by atoms with E-state index >= 15 is 0 Å². The summed E-state index contributed by atoms with van der Waals surface area (Å²) in [5.74, 6) is -1.40. The Labute approximate surface area is 233 Å². The number of likely N-dealkylation sites (N-methyl/N-ethyl adjacent to an activating group) is 1. The normalized spacial score (nSPS) is 13.4. The molecule has 1 aliphatic heterocycles. The van der Waals surface area contributed by atoms with E-state index in [0.29, 0.717) is 36.7 Å². The standard InChI is InChI=1S/C29H35F2N7O2/c1-3-36(4-2)19-28(39)38-11-9-37(10-12-38)24-7-5-23(6-8-24)35-27-16-26(25(18-34-27)29(32)40)33-17-20-13-21(30)15-22(31)14-20/h5-8,13-16,18H,3-4,9-12,17,19H2,1-2H3,(H2,32,40)(H2,33,34,35). The van der Waals surface area contributed by atoms with Crippen LogP contribution in [-0.2, 0) is 11.3 Å². The van der Waals surface area contributed by atoms with Gasteiger partial charge in [-0.1, -0.05) is 13.8 Å². The molecule has 11 heteroatoms. The van der Waals surface area contributed by atoms with Crippen LogP contribution in [-0.4, -0.2) is 72.4 Å². The number of benzene rings is 2. The molecule has 0 aliphatic carbocycles. The van der Waals surface area contributed by atoms with Gasteiger partial charge in [0.1, 0.15) is 17.5 Å². The van der Waals surface area contributed by atoms with E-state index < -0.39 is 17.5 Å². The van der Waals surface area contributed by atoms with Crippen LogP contribution >= 0.6 is 0 Å². The molecule has 40 heavy (non-hydrogen) atoms. The maximum atomic E-state index is 13.5. The van der Waals surface area contributed by atoms with Gasteiger partial charge in [-0.3, -0.25) is 14.5 Å². The highest BCUT2D eigenvalue weighted by atomic mass is 19.1. The average molecular weight is 552 g/mol. The summed E-state index contributed by atoms with van der Waals surface area (Å²) in [7, 11) is 0. The number of rotatable bonds is 11. The lowest BCUT2D eigenvalue weighted by molar-refractivity contribution is -0.132. The Balaban J connectivity index is 1.37. The number of hydrogen-bond donors (Lipinski definition) is 3. The first kappa shape index (κ1) is 28.8. The fourth-order valence-electron chi connectivity index (χ4n) is 4.63. The van der Waals surface area contributed by atoms with Gasteiger partial charge in [0.15, 0.2) is 0 Å². The van der Waals surface area contributed by atoms with Crippen molar-refractivity contribution in [3.8, 4) is 0 Å². The van der Waals surface area contributed by atoms with Gasteiger partial charge in [-0.2, -0.15) is 0 Å². The molecule has 0 unspecified atom stereocenters. The summed E-state index contributed by atoms with van der Waals surface area (Å²) in [6.45, 7) is 9.30. The van der Waals surface area contributed by atoms with Gasteiger partial charge < -0.3 is 26.2 Å². The van der Waals surface area contributed by atoms with Crippen LogP contribution in [0.2, 0.25) is 0 Å². The molecular formula is C29H35F2N7O2. The third-order valence-corrected chi connectivity index (χ3v) is 6.97. The zero-order chi connectivity index (χ0) is 28.6. The third kappa shape index (κ3) is 7.44. The number of nitrogens with two attached hydrogens (primary N) is 1. The molecule has 4 rings (SSSR count). The van der Waals surface area contributed by atoms with Crippen molar-refractivity contribution in [2.75, 3.05) is 61.3 Å². The predicted octanol–water partition coefficient (Wildman–Crippen LogP) is 3.80. The zero-order valence-corrected chi connectivity index (χ0v) is 22.8. The summed E-state index contributed by atoms with van der Waals surface area (Å²) in [6, 6.07) is 12.7. The number of aromatic nitrogens is 1. The Morgan fingerprint density at radius 1 is 0.975 bits per heavy atom. The summed E-state index contributed by atoms with van der Waals surface area (Å²) in [6.07, 6.45) is 1.36. The first-order valence-electron chi connectivity index (χ1n) is 13.4. The van der Waals surface area contributed by atoms with E-state index in [4.69, 9.17) is 5.73 Å². The Hall–Kier alpha value is -4.25.